The molecule has 0 spiro atoms. The molecule has 1 atom stereocenters. The first-order chi connectivity index (χ1) is 14.0. The van der Waals surface area contributed by atoms with E-state index in [0.717, 1.165) is 5.56 Å². The lowest BCUT2D eigenvalue weighted by molar-refractivity contribution is -0.140. The predicted molar refractivity (Wildman–Crippen MR) is 104 cm³/mol. The molecular formula is C19H22N4O5S. The lowest BCUT2D eigenvalue weighted by atomic mass is 10.3. The van der Waals surface area contributed by atoms with Gasteiger partial charge < -0.3 is 15.4 Å². The number of hydrogen-bond donors (Lipinski definition) is 2. The zero-order valence-corrected chi connectivity index (χ0v) is 16.5. The van der Waals surface area contributed by atoms with Gasteiger partial charge in [-0.1, -0.05) is 24.3 Å². The molecule has 1 aliphatic rings. The molecule has 10 heteroatoms. The Bertz CT molecular complexity index is 938. The third-order valence-electron chi connectivity index (χ3n) is 4.32. The van der Waals surface area contributed by atoms with Crippen LogP contribution in [0.5, 0.6) is 0 Å². The maximum atomic E-state index is 12.9. The fraction of sp³-hybridized carbons (Fsp3) is 0.316. The number of carbonyl (C=O) groups excluding carboxylic acids is 2. The quantitative estimate of drug-likeness (QED) is 0.650. The minimum absolute atomic E-state index is 0.134. The molecule has 2 aromatic rings. The highest BCUT2D eigenvalue weighted by molar-refractivity contribution is 7.89. The van der Waals surface area contributed by atoms with Crippen molar-refractivity contribution in [2.45, 2.75) is 24.1 Å². The Labute approximate surface area is 169 Å². The average Bonchev–Trinajstić information content (AvgIpc) is 2.77. The molecule has 2 heterocycles. The molecule has 0 radical (unpaired) electrons. The number of pyridine rings is 1. The van der Waals surface area contributed by atoms with Gasteiger partial charge in [-0.05, 0) is 30.2 Å². The highest BCUT2D eigenvalue weighted by Crippen LogP contribution is 2.21. The van der Waals surface area contributed by atoms with E-state index < -0.39 is 28.1 Å². The number of aromatic nitrogens is 1. The molecule has 0 unspecified atom stereocenters. The van der Waals surface area contributed by atoms with Crippen LogP contribution in [0.25, 0.3) is 0 Å². The monoisotopic (exact) mass is 418 g/mol. The summed E-state index contributed by atoms with van der Waals surface area (Å²) in [6.07, 6.45) is 2.85. The number of ether oxygens (including phenoxy) is 1. The molecule has 3 rings (SSSR count). The summed E-state index contributed by atoms with van der Waals surface area (Å²) < 4.78 is 32.5. The van der Waals surface area contributed by atoms with Gasteiger partial charge in [0.15, 0.2) is 0 Å². The molecule has 29 heavy (non-hydrogen) atoms. The van der Waals surface area contributed by atoms with Gasteiger partial charge in [-0.25, -0.2) is 8.42 Å². The summed E-state index contributed by atoms with van der Waals surface area (Å²) in [6.45, 7) is 0.666. The molecule has 0 saturated carbocycles. The van der Waals surface area contributed by atoms with Gasteiger partial charge in [-0.3, -0.25) is 14.6 Å². The Kier molecular flexibility index (Phi) is 6.91. The smallest absolute Gasteiger partial charge is 0.309 e. The van der Waals surface area contributed by atoms with E-state index >= 15 is 0 Å². The summed E-state index contributed by atoms with van der Waals surface area (Å²) in [5.74, 6) is -1.68. The highest BCUT2D eigenvalue weighted by atomic mass is 32.2. The number of carbonyl (C=O) groups is 2. The van der Waals surface area contributed by atoms with Crippen molar-refractivity contribution in [3.63, 3.8) is 0 Å². The summed E-state index contributed by atoms with van der Waals surface area (Å²) in [6, 6.07) is 11.5. The minimum Gasteiger partial charge on any atom is -0.360 e. The van der Waals surface area contributed by atoms with Gasteiger partial charge in [0.1, 0.15) is 6.23 Å². The first-order valence-corrected chi connectivity index (χ1v) is 10.6. The first-order valence-electron chi connectivity index (χ1n) is 9.12. The molecule has 1 aromatic carbocycles. The second-order valence-electron chi connectivity index (χ2n) is 6.36. The van der Waals surface area contributed by atoms with Crippen molar-refractivity contribution in [1.82, 2.24) is 19.9 Å². The van der Waals surface area contributed by atoms with Gasteiger partial charge in [0.05, 0.1) is 18.0 Å². The molecular weight excluding hydrogens is 396 g/mol. The van der Waals surface area contributed by atoms with Crippen LogP contribution < -0.4 is 10.6 Å². The molecule has 2 amide bonds. The molecule has 1 aromatic heterocycles. The summed E-state index contributed by atoms with van der Waals surface area (Å²) in [4.78, 5) is 28.1. The van der Waals surface area contributed by atoms with E-state index in [9.17, 15) is 18.0 Å². The summed E-state index contributed by atoms with van der Waals surface area (Å²) >= 11 is 0. The van der Waals surface area contributed by atoms with Crippen LogP contribution in [-0.4, -0.2) is 55.4 Å². The number of nitrogens with zero attached hydrogens (tertiary/aromatic N) is 2. The van der Waals surface area contributed by atoms with Gasteiger partial charge in [0.2, 0.25) is 10.0 Å². The fourth-order valence-corrected chi connectivity index (χ4v) is 4.44. The molecule has 9 nitrogen and oxygen atoms in total. The number of nitrogens with one attached hydrogen (secondary N) is 2. The van der Waals surface area contributed by atoms with E-state index in [0.29, 0.717) is 13.0 Å². The Morgan fingerprint density at radius 1 is 1.10 bits per heavy atom. The molecule has 0 aliphatic carbocycles. The van der Waals surface area contributed by atoms with Crippen LogP contribution in [-0.2, 0) is 30.9 Å². The van der Waals surface area contributed by atoms with Crippen molar-refractivity contribution in [3.8, 4) is 0 Å². The predicted octanol–water partition coefficient (Wildman–Crippen LogP) is 0.251. The lowest BCUT2D eigenvalue weighted by Gasteiger charge is -2.34. The normalized spacial score (nSPS) is 17.4. The maximum Gasteiger partial charge on any atom is 0.309 e. The molecule has 1 fully saturated rings. The SMILES string of the molecule is O=C(NCc1cccnc1)C(=O)NC[C@@H]1OCCCN1S(=O)(=O)c1ccccc1. The topological polar surface area (TPSA) is 118 Å². The van der Waals surface area contributed by atoms with Crippen LogP contribution in [0.15, 0.2) is 59.8 Å². The number of rotatable bonds is 6. The molecule has 1 aliphatic heterocycles. The zero-order chi connectivity index (χ0) is 20.7. The van der Waals surface area contributed by atoms with E-state index in [1.165, 1.54) is 16.4 Å². The van der Waals surface area contributed by atoms with E-state index in [2.05, 4.69) is 15.6 Å². The van der Waals surface area contributed by atoms with Crippen LogP contribution in [0.2, 0.25) is 0 Å². The lowest BCUT2D eigenvalue weighted by Crippen LogP contribution is -2.53. The number of benzene rings is 1. The molecule has 154 valence electrons. The Morgan fingerprint density at radius 3 is 2.59 bits per heavy atom. The minimum atomic E-state index is -3.78. The van der Waals surface area contributed by atoms with Crippen LogP contribution in [0.3, 0.4) is 0 Å². The van der Waals surface area contributed by atoms with Gasteiger partial charge >= 0.3 is 11.8 Å². The average molecular weight is 418 g/mol. The zero-order valence-electron chi connectivity index (χ0n) is 15.7. The van der Waals surface area contributed by atoms with Crippen LogP contribution >= 0.6 is 0 Å². The summed E-state index contributed by atoms with van der Waals surface area (Å²) in [7, 11) is -3.78. The van der Waals surface area contributed by atoms with Gasteiger partial charge in [0, 0.05) is 25.5 Å². The Balaban J connectivity index is 1.57. The van der Waals surface area contributed by atoms with Crippen LogP contribution in [0.4, 0.5) is 0 Å². The van der Waals surface area contributed by atoms with Gasteiger partial charge in [-0.2, -0.15) is 4.31 Å². The van der Waals surface area contributed by atoms with Crippen LogP contribution in [0, 0.1) is 0 Å². The fourth-order valence-electron chi connectivity index (χ4n) is 2.86. The molecule has 1 saturated heterocycles. The third-order valence-corrected chi connectivity index (χ3v) is 6.23. The van der Waals surface area contributed by atoms with Crippen molar-refractivity contribution < 1.29 is 22.7 Å². The number of sulfonamides is 1. The van der Waals surface area contributed by atoms with E-state index in [1.54, 1.807) is 42.7 Å². The largest absolute Gasteiger partial charge is 0.360 e. The van der Waals surface area contributed by atoms with Gasteiger partial charge in [0.25, 0.3) is 0 Å². The van der Waals surface area contributed by atoms with Crippen molar-refractivity contribution in [3.05, 3.63) is 60.4 Å². The van der Waals surface area contributed by atoms with Crippen molar-refractivity contribution in [1.29, 1.82) is 0 Å². The van der Waals surface area contributed by atoms with Crippen molar-refractivity contribution in [2.75, 3.05) is 19.7 Å². The first kappa shape index (κ1) is 20.9. The second-order valence-corrected chi connectivity index (χ2v) is 8.25. The van der Waals surface area contributed by atoms with Crippen LogP contribution in [0.1, 0.15) is 12.0 Å². The summed E-state index contributed by atoms with van der Waals surface area (Å²) in [5.41, 5.74) is 0.754. The second kappa shape index (κ2) is 9.59. The van der Waals surface area contributed by atoms with Crippen molar-refractivity contribution >= 4 is 21.8 Å². The highest BCUT2D eigenvalue weighted by Gasteiger charge is 2.34. The standard InChI is InChI=1S/C19H22N4O5S/c24-18(21-13-15-6-4-9-20-12-15)19(25)22-14-17-23(10-5-11-28-17)29(26,27)16-7-2-1-3-8-16/h1-4,6-9,12,17H,5,10-11,13-14H2,(H,21,24)(H,22,25)/t17-/m0/s1. The Morgan fingerprint density at radius 2 is 1.86 bits per heavy atom. The van der Waals surface area contributed by atoms with E-state index in [-0.39, 0.29) is 24.5 Å². The Hall–Kier alpha value is -2.82. The van der Waals surface area contributed by atoms with E-state index in [4.69, 9.17) is 4.74 Å². The molecule has 0 bridgehead atoms. The van der Waals surface area contributed by atoms with Crippen molar-refractivity contribution in [2.24, 2.45) is 0 Å². The number of amides is 2. The van der Waals surface area contributed by atoms with E-state index in [1.807, 2.05) is 0 Å². The number of hydrogen-bond acceptors (Lipinski definition) is 6. The third kappa shape index (κ3) is 5.37. The molecule has 2 N–H and O–H groups in total. The summed E-state index contributed by atoms with van der Waals surface area (Å²) in [5, 5.41) is 4.93. The van der Waals surface area contributed by atoms with Gasteiger partial charge in [-0.15, -0.1) is 0 Å². The maximum absolute atomic E-state index is 12.9.